The van der Waals surface area contributed by atoms with Crippen molar-refractivity contribution in [3.63, 3.8) is 0 Å². The molecule has 2 N–H and O–H groups in total. The van der Waals surface area contributed by atoms with Crippen molar-refractivity contribution in [1.29, 1.82) is 0 Å². The average Bonchev–Trinajstić information content (AvgIpc) is 3.19. The van der Waals surface area contributed by atoms with Gasteiger partial charge in [-0.1, -0.05) is 42.0 Å². The molecule has 0 bridgehead atoms. The Kier molecular flexibility index (Phi) is 3.82. The van der Waals surface area contributed by atoms with E-state index in [1.165, 1.54) is 11.3 Å². The summed E-state index contributed by atoms with van der Waals surface area (Å²) in [5.74, 6) is 0.0206. The van der Waals surface area contributed by atoms with E-state index in [-0.39, 0.29) is 5.88 Å². The Morgan fingerprint density at radius 2 is 1.88 bits per heavy atom. The minimum atomic E-state index is 0.0206. The molecule has 0 spiro atoms. The smallest absolute Gasteiger partial charge is 0.230 e. The normalized spacial score (nSPS) is 11.6. The van der Waals surface area contributed by atoms with Crippen LogP contribution >= 0.6 is 11.3 Å². The number of fused-ring (bicyclic) bond motifs is 1. The van der Waals surface area contributed by atoms with Crippen molar-refractivity contribution in [3.05, 3.63) is 59.0 Å². The van der Waals surface area contributed by atoms with E-state index in [1.807, 2.05) is 55.6 Å². The van der Waals surface area contributed by atoms with Crippen molar-refractivity contribution in [1.82, 2.24) is 9.97 Å². The molecule has 124 valence electrons. The first-order chi connectivity index (χ1) is 12.1. The molecule has 0 unspecified atom stereocenters. The number of hydrogen-bond donors (Lipinski definition) is 2. The first kappa shape index (κ1) is 15.5. The van der Waals surface area contributed by atoms with Gasteiger partial charge in [0.05, 0.1) is 11.2 Å². The number of aromatic nitrogens is 2. The Balaban J connectivity index is 1.70. The number of azo groups is 1. The van der Waals surface area contributed by atoms with Crippen LogP contribution < -0.4 is 0 Å². The Morgan fingerprint density at radius 3 is 2.68 bits per heavy atom. The number of benzene rings is 2. The molecular formula is C19H16N4OS. The van der Waals surface area contributed by atoms with Crippen LogP contribution in [0.3, 0.4) is 0 Å². The fourth-order valence-electron chi connectivity index (χ4n) is 2.87. The lowest BCUT2D eigenvalue weighted by Gasteiger charge is -1.98. The minimum absolute atomic E-state index is 0.0206. The van der Waals surface area contributed by atoms with Gasteiger partial charge in [-0.25, -0.2) is 4.98 Å². The second-order valence-corrected chi connectivity index (χ2v) is 6.74. The molecule has 0 radical (unpaired) electrons. The third-order valence-electron chi connectivity index (χ3n) is 4.00. The van der Waals surface area contributed by atoms with Crippen molar-refractivity contribution >= 4 is 33.1 Å². The molecule has 0 amide bonds. The summed E-state index contributed by atoms with van der Waals surface area (Å²) < 4.78 is 0. The number of aromatic hydroxyl groups is 1. The van der Waals surface area contributed by atoms with Gasteiger partial charge in [-0.3, -0.25) is 0 Å². The zero-order chi connectivity index (χ0) is 17.4. The molecule has 6 heteroatoms. The highest BCUT2D eigenvalue weighted by molar-refractivity contribution is 7.13. The molecular weight excluding hydrogens is 332 g/mol. The summed E-state index contributed by atoms with van der Waals surface area (Å²) in [6.45, 7) is 4.02. The average molecular weight is 348 g/mol. The highest BCUT2D eigenvalue weighted by Gasteiger charge is 2.13. The lowest BCUT2D eigenvalue weighted by Crippen LogP contribution is -1.78. The van der Waals surface area contributed by atoms with Crippen LogP contribution in [0.1, 0.15) is 11.1 Å². The molecule has 5 nitrogen and oxygen atoms in total. The molecule has 2 heterocycles. The van der Waals surface area contributed by atoms with Gasteiger partial charge in [-0.15, -0.1) is 21.6 Å². The quantitative estimate of drug-likeness (QED) is 0.444. The van der Waals surface area contributed by atoms with Crippen molar-refractivity contribution in [2.75, 3.05) is 0 Å². The summed E-state index contributed by atoms with van der Waals surface area (Å²) in [6.07, 6.45) is 0. The zero-order valence-electron chi connectivity index (χ0n) is 13.8. The van der Waals surface area contributed by atoms with E-state index >= 15 is 0 Å². The van der Waals surface area contributed by atoms with Gasteiger partial charge >= 0.3 is 0 Å². The number of rotatable bonds is 3. The molecule has 25 heavy (non-hydrogen) atoms. The third-order valence-corrected chi connectivity index (χ3v) is 4.72. The zero-order valence-corrected chi connectivity index (χ0v) is 14.6. The third kappa shape index (κ3) is 2.92. The van der Waals surface area contributed by atoms with E-state index in [0.717, 1.165) is 33.3 Å². The molecule has 4 aromatic rings. The maximum absolute atomic E-state index is 10.2. The number of H-pyrrole nitrogens is 1. The summed E-state index contributed by atoms with van der Waals surface area (Å²) in [7, 11) is 0. The molecule has 0 fully saturated rings. The highest BCUT2D eigenvalue weighted by atomic mass is 32.1. The van der Waals surface area contributed by atoms with Crippen LogP contribution in [-0.4, -0.2) is 15.1 Å². The second kappa shape index (κ2) is 6.14. The number of nitrogens with zero attached hydrogens (tertiary/aromatic N) is 3. The van der Waals surface area contributed by atoms with E-state index in [2.05, 4.69) is 26.3 Å². The van der Waals surface area contributed by atoms with E-state index < -0.39 is 0 Å². The van der Waals surface area contributed by atoms with Crippen LogP contribution in [-0.2, 0) is 0 Å². The van der Waals surface area contributed by atoms with Gasteiger partial charge in [0, 0.05) is 16.3 Å². The van der Waals surface area contributed by atoms with E-state index in [4.69, 9.17) is 0 Å². The van der Waals surface area contributed by atoms with Gasteiger partial charge in [-0.2, -0.15) is 0 Å². The second-order valence-electron chi connectivity index (χ2n) is 5.91. The highest BCUT2D eigenvalue weighted by Crippen LogP contribution is 2.38. The van der Waals surface area contributed by atoms with Crippen LogP contribution in [0.15, 0.2) is 58.1 Å². The SMILES string of the molecule is Cc1cc(C)c2[nH]c(O)c(N=Nc3nc(-c4ccccc4)cs3)c2c1. The number of aromatic amines is 1. The Labute approximate surface area is 148 Å². The van der Waals surface area contributed by atoms with Gasteiger partial charge in [0.1, 0.15) is 0 Å². The van der Waals surface area contributed by atoms with Crippen molar-refractivity contribution in [2.45, 2.75) is 13.8 Å². The Hall–Kier alpha value is -2.99. The lowest BCUT2D eigenvalue weighted by atomic mass is 10.1. The first-order valence-electron chi connectivity index (χ1n) is 7.86. The fraction of sp³-hybridized carbons (Fsp3) is 0.105. The summed E-state index contributed by atoms with van der Waals surface area (Å²) in [6, 6.07) is 14.0. The maximum Gasteiger partial charge on any atom is 0.230 e. The molecule has 0 aliphatic carbocycles. The van der Waals surface area contributed by atoms with E-state index in [1.54, 1.807) is 0 Å². The summed E-state index contributed by atoms with van der Waals surface area (Å²) in [5.41, 5.74) is 5.41. The first-order valence-corrected chi connectivity index (χ1v) is 8.74. The van der Waals surface area contributed by atoms with E-state index in [0.29, 0.717) is 10.8 Å². The predicted molar refractivity (Wildman–Crippen MR) is 101 cm³/mol. The van der Waals surface area contributed by atoms with Gasteiger partial charge in [0.25, 0.3) is 0 Å². The molecule has 0 aliphatic rings. The molecule has 0 saturated heterocycles. The molecule has 2 aromatic heterocycles. The van der Waals surface area contributed by atoms with Crippen molar-refractivity contribution in [3.8, 4) is 17.1 Å². The minimum Gasteiger partial charge on any atom is -0.493 e. The molecule has 4 rings (SSSR count). The summed E-state index contributed by atoms with van der Waals surface area (Å²) in [4.78, 5) is 7.47. The van der Waals surface area contributed by atoms with E-state index in [9.17, 15) is 5.11 Å². The van der Waals surface area contributed by atoms with Crippen molar-refractivity contribution in [2.24, 2.45) is 10.2 Å². The predicted octanol–water partition coefficient (Wildman–Crippen LogP) is 6.03. The van der Waals surface area contributed by atoms with Crippen LogP contribution in [0.4, 0.5) is 10.8 Å². The lowest BCUT2D eigenvalue weighted by molar-refractivity contribution is 0.459. The van der Waals surface area contributed by atoms with Crippen LogP contribution in [0.5, 0.6) is 5.88 Å². The largest absolute Gasteiger partial charge is 0.493 e. The maximum atomic E-state index is 10.2. The van der Waals surface area contributed by atoms with Gasteiger partial charge in [0.15, 0.2) is 5.69 Å². The standard InChI is InChI=1S/C19H16N4OS/c1-11-8-12(2)16-14(9-11)17(18(24)21-16)22-23-19-20-15(10-25-19)13-6-4-3-5-7-13/h3-10,21,24H,1-2H3. The summed E-state index contributed by atoms with van der Waals surface area (Å²) >= 11 is 1.42. The monoisotopic (exact) mass is 348 g/mol. The van der Waals surface area contributed by atoms with Crippen LogP contribution in [0.2, 0.25) is 0 Å². The number of nitrogens with one attached hydrogen (secondary N) is 1. The summed E-state index contributed by atoms with van der Waals surface area (Å²) in [5, 5.41) is 22.0. The van der Waals surface area contributed by atoms with Gasteiger partial charge in [0.2, 0.25) is 11.0 Å². The molecule has 0 aliphatic heterocycles. The fourth-order valence-corrected chi connectivity index (χ4v) is 3.52. The molecule has 0 saturated carbocycles. The topological polar surface area (TPSA) is 73.6 Å². The van der Waals surface area contributed by atoms with Gasteiger partial charge < -0.3 is 10.1 Å². The molecule has 2 aromatic carbocycles. The Bertz CT molecular complexity index is 1080. The van der Waals surface area contributed by atoms with Crippen LogP contribution in [0.25, 0.3) is 22.2 Å². The van der Waals surface area contributed by atoms with Crippen molar-refractivity contribution < 1.29 is 5.11 Å². The number of hydrogen-bond acceptors (Lipinski definition) is 5. The molecule has 0 atom stereocenters. The van der Waals surface area contributed by atoms with Crippen LogP contribution in [0, 0.1) is 13.8 Å². The number of aryl methyl sites for hydroxylation is 2. The Morgan fingerprint density at radius 1 is 1.08 bits per heavy atom. The number of thiazole rings is 1. The van der Waals surface area contributed by atoms with Gasteiger partial charge in [-0.05, 0) is 25.5 Å².